The van der Waals surface area contributed by atoms with Crippen molar-refractivity contribution in [1.29, 1.82) is 0 Å². The van der Waals surface area contributed by atoms with E-state index >= 15 is 0 Å². The molecule has 4 heteroatoms. The highest BCUT2D eigenvalue weighted by molar-refractivity contribution is 9.10. The third-order valence-electron chi connectivity index (χ3n) is 3.38. The lowest BCUT2D eigenvalue weighted by atomic mass is 9.95. The Labute approximate surface area is 132 Å². The Morgan fingerprint density at radius 1 is 1.25 bits per heavy atom. The number of hydrogen-bond donors (Lipinski definition) is 1. The van der Waals surface area contributed by atoms with E-state index in [-0.39, 0.29) is 11.9 Å². The number of nitrogens with one attached hydrogen (secondary N) is 1. The van der Waals surface area contributed by atoms with Gasteiger partial charge in [-0.25, -0.2) is 4.39 Å². The molecule has 0 saturated carbocycles. The molecule has 106 valence electrons. The van der Waals surface area contributed by atoms with Crippen LogP contribution in [0.5, 0.6) is 0 Å². The molecule has 2 rings (SSSR count). The highest BCUT2D eigenvalue weighted by Gasteiger charge is 2.13. The largest absolute Gasteiger partial charge is 0.313 e. The second kappa shape index (κ2) is 6.70. The van der Waals surface area contributed by atoms with E-state index in [0.717, 1.165) is 22.6 Å². The fourth-order valence-corrected chi connectivity index (χ4v) is 2.95. The van der Waals surface area contributed by atoms with Crippen LogP contribution in [0, 0.1) is 12.7 Å². The van der Waals surface area contributed by atoms with Crippen LogP contribution in [0.3, 0.4) is 0 Å². The van der Waals surface area contributed by atoms with Crippen molar-refractivity contribution in [2.24, 2.45) is 0 Å². The van der Waals surface area contributed by atoms with E-state index in [2.05, 4.69) is 21.2 Å². The minimum absolute atomic E-state index is 0.171. The van der Waals surface area contributed by atoms with Crippen molar-refractivity contribution >= 4 is 27.5 Å². The molecule has 2 aromatic carbocycles. The normalized spacial score (nSPS) is 12.4. The average molecular weight is 357 g/mol. The van der Waals surface area contributed by atoms with Gasteiger partial charge in [-0.3, -0.25) is 0 Å². The molecule has 0 heterocycles. The van der Waals surface area contributed by atoms with Gasteiger partial charge >= 0.3 is 0 Å². The van der Waals surface area contributed by atoms with Gasteiger partial charge in [0, 0.05) is 11.1 Å². The second-order valence-corrected chi connectivity index (χ2v) is 6.09. The van der Waals surface area contributed by atoms with Gasteiger partial charge in [-0.2, -0.15) is 0 Å². The summed E-state index contributed by atoms with van der Waals surface area (Å²) in [5.41, 5.74) is 3.43. The maximum atomic E-state index is 13.3. The van der Waals surface area contributed by atoms with Gasteiger partial charge in [-0.15, -0.1) is 0 Å². The summed E-state index contributed by atoms with van der Waals surface area (Å²) in [7, 11) is 1.93. The summed E-state index contributed by atoms with van der Waals surface area (Å²) < 4.78 is 13.8. The van der Waals surface area contributed by atoms with Gasteiger partial charge in [0.15, 0.2) is 0 Å². The Bertz CT molecular complexity index is 615. The Hall–Kier alpha value is -0.900. The maximum Gasteiger partial charge on any atom is 0.137 e. The van der Waals surface area contributed by atoms with Crippen molar-refractivity contribution in [3.05, 3.63) is 68.4 Å². The first kappa shape index (κ1) is 15.5. The zero-order valence-corrected chi connectivity index (χ0v) is 13.7. The lowest BCUT2D eigenvalue weighted by molar-refractivity contribution is 0.585. The van der Waals surface area contributed by atoms with E-state index in [1.165, 1.54) is 11.6 Å². The number of likely N-dealkylation sites (N-methyl/N-ethyl adjacent to an activating group) is 1. The minimum Gasteiger partial charge on any atom is -0.313 e. The first-order valence-electron chi connectivity index (χ1n) is 6.38. The molecule has 0 aliphatic heterocycles. The Morgan fingerprint density at radius 2 is 2.00 bits per heavy atom. The number of benzene rings is 2. The van der Waals surface area contributed by atoms with Crippen molar-refractivity contribution in [2.75, 3.05) is 7.05 Å². The van der Waals surface area contributed by atoms with Crippen LogP contribution in [0.1, 0.15) is 22.7 Å². The van der Waals surface area contributed by atoms with Gasteiger partial charge in [0.05, 0.1) is 4.47 Å². The SMILES string of the molecule is CNC(Cc1ccc(F)c(Br)c1)c1ccc(Cl)cc1C. The summed E-state index contributed by atoms with van der Waals surface area (Å²) in [6.07, 6.45) is 0.790. The Morgan fingerprint density at radius 3 is 2.60 bits per heavy atom. The van der Waals surface area contributed by atoms with E-state index in [0.29, 0.717) is 4.47 Å². The van der Waals surface area contributed by atoms with Crippen molar-refractivity contribution in [3.8, 4) is 0 Å². The van der Waals surface area contributed by atoms with E-state index in [1.807, 2.05) is 44.3 Å². The summed E-state index contributed by atoms with van der Waals surface area (Å²) in [6.45, 7) is 2.05. The molecule has 20 heavy (non-hydrogen) atoms. The van der Waals surface area contributed by atoms with E-state index in [4.69, 9.17) is 11.6 Å². The zero-order valence-electron chi connectivity index (χ0n) is 11.4. The summed E-state index contributed by atoms with van der Waals surface area (Å²) >= 11 is 9.22. The standard InChI is InChI=1S/C16H16BrClFN/c1-10-7-12(18)4-5-13(10)16(20-2)9-11-3-6-15(19)14(17)8-11/h3-8,16,20H,9H2,1-2H3. The van der Waals surface area contributed by atoms with Gasteiger partial charge in [-0.1, -0.05) is 23.7 Å². The summed E-state index contributed by atoms with van der Waals surface area (Å²) in [4.78, 5) is 0. The fourth-order valence-electron chi connectivity index (χ4n) is 2.30. The van der Waals surface area contributed by atoms with Gasteiger partial charge in [-0.05, 0) is 77.3 Å². The molecular weight excluding hydrogens is 341 g/mol. The first-order chi connectivity index (χ1) is 9.51. The lowest BCUT2D eigenvalue weighted by Crippen LogP contribution is -2.19. The molecule has 0 saturated heterocycles. The Balaban J connectivity index is 2.26. The van der Waals surface area contributed by atoms with Crippen LogP contribution >= 0.6 is 27.5 Å². The maximum absolute atomic E-state index is 13.3. The van der Waals surface area contributed by atoms with Crippen LogP contribution in [0.25, 0.3) is 0 Å². The van der Waals surface area contributed by atoms with Crippen LogP contribution in [0.15, 0.2) is 40.9 Å². The minimum atomic E-state index is -0.238. The summed E-state index contributed by atoms with van der Waals surface area (Å²) in [5.74, 6) is -0.238. The van der Waals surface area contributed by atoms with E-state index < -0.39 is 0 Å². The summed E-state index contributed by atoms with van der Waals surface area (Å²) in [6, 6.07) is 11.2. The van der Waals surface area contributed by atoms with Crippen LogP contribution in [0.2, 0.25) is 5.02 Å². The molecule has 2 aromatic rings. The molecular formula is C16H16BrClFN. The van der Waals surface area contributed by atoms with E-state index in [9.17, 15) is 4.39 Å². The predicted octanol–water partition coefficient (Wildman–Crippen LogP) is 5.05. The van der Waals surface area contributed by atoms with Crippen molar-refractivity contribution in [1.82, 2.24) is 5.32 Å². The third kappa shape index (κ3) is 3.60. The van der Waals surface area contributed by atoms with Gasteiger partial charge in [0.2, 0.25) is 0 Å². The molecule has 1 unspecified atom stereocenters. The summed E-state index contributed by atoms with van der Waals surface area (Å²) in [5, 5.41) is 4.05. The molecule has 0 bridgehead atoms. The lowest BCUT2D eigenvalue weighted by Gasteiger charge is -2.19. The van der Waals surface area contributed by atoms with E-state index in [1.54, 1.807) is 0 Å². The zero-order chi connectivity index (χ0) is 14.7. The number of hydrogen-bond acceptors (Lipinski definition) is 1. The van der Waals surface area contributed by atoms with Crippen LogP contribution in [-0.4, -0.2) is 7.05 Å². The number of aryl methyl sites for hydroxylation is 1. The molecule has 0 radical (unpaired) electrons. The topological polar surface area (TPSA) is 12.0 Å². The fraction of sp³-hybridized carbons (Fsp3) is 0.250. The van der Waals surface area contributed by atoms with Crippen molar-refractivity contribution in [3.63, 3.8) is 0 Å². The highest BCUT2D eigenvalue weighted by atomic mass is 79.9. The quantitative estimate of drug-likeness (QED) is 0.808. The predicted molar refractivity (Wildman–Crippen MR) is 85.8 cm³/mol. The monoisotopic (exact) mass is 355 g/mol. The second-order valence-electron chi connectivity index (χ2n) is 4.79. The smallest absolute Gasteiger partial charge is 0.137 e. The molecule has 0 amide bonds. The average Bonchev–Trinajstić information content (AvgIpc) is 2.41. The molecule has 1 nitrogen and oxygen atoms in total. The van der Waals surface area contributed by atoms with Crippen molar-refractivity contribution < 1.29 is 4.39 Å². The molecule has 0 fully saturated rings. The van der Waals surface area contributed by atoms with Crippen molar-refractivity contribution in [2.45, 2.75) is 19.4 Å². The van der Waals surface area contributed by atoms with Crippen LogP contribution in [-0.2, 0) is 6.42 Å². The highest BCUT2D eigenvalue weighted by Crippen LogP contribution is 2.26. The molecule has 1 atom stereocenters. The van der Waals surface area contributed by atoms with Gasteiger partial charge in [0.25, 0.3) is 0 Å². The number of halogens is 3. The molecule has 1 N–H and O–H groups in total. The van der Waals surface area contributed by atoms with Gasteiger partial charge in [0.1, 0.15) is 5.82 Å². The Kier molecular flexibility index (Phi) is 5.19. The first-order valence-corrected chi connectivity index (χ1v) is 7.55. The third-order valence-corrected chi connectivity index (χ3v) is 4.22. The van der Waals surface area contributed by atoms with Gasteiger partial charge < -0.3 is 5.32 Å². The molecule has 0 aromatic heterocycles. The van der Waals surface area contributed by atoms with Crippen LogP contribution < -0.4 is 5.32 Å². The molecule has 0 aliphatic rings. The molecule has 0 aliphatic carbocycles. The molecule has 0 spiro atoms. The van der Waals surface area contributed by atoms with Crippen LogP contribution in [0.4, 0.5) is 4.39 Å². The number of rotatable bonds is 4.